The Labute approximate surface area is 171 Å². The van der Waals surface area contributed by atoms with Gasteiger partial charge in [0.15, 0.2) is 0 Å². The van der Waals surface area contributed by atoms with Crippen LogP contribution in [0.3, 0.4) is 0 Å². The Morgan fingerprint density at radius 2 is 1.82 bits per heavy atom. The summed E-state index contributed by atoms with van der Waals surface area (Å²) < 4.78 is 33.4. The number of nitrogens with zero attached hydrogens (tertiary/aromatic N) is 3. The van der Waals surface area contributed by atoms with E-state index in [4.69, 9.17) is 16.3 Å². The van der Waals surface area contributed by atoms with Gasteiger partial charge in [0.25, 0.3) is 0 Å². The Morgan fingerprint density at radius 3 is 2.54 bits per heavy atom. The van der Waals surface area contributed by atoms with Gasteiger partial charge in [-0.15, -0.1) is 0 Å². The molecule has 1 N–H and O–H groups in total. The Morgan fingerprint density at radius 1 is 1.11 bits per heavy atom. The first-order chi connectivity index (χ1) is 13.3. The van der Waals surface area contributed by atoms with Crippen molar-refractivity contribution < 1.29 is 13.2 Å². The molecule has 0 radical (unpaired) electrons. The number of benzene rings is 1. The molecule has 1 saturated heterocycles. The molecule has 0 spiro atoms. The number of aromatic nitrogens is 2. The monoisotopic (exact) mass is 424 g/mol. The molecule has 0 atom stereocenters. The van der Waals surface area contributed by atoms with Crippen molar-refractivity contribution in [3.05, 3.63) is 40.2 Å². The molecule has 152 valence electrons. The van der Waals surface area contributed by atoms with Crippen molar-refractivity contribution in [1.29, 1.82) is 0 Å². The second-order valence-electron chi connectivity index (χ2n) is 6.92. The molecule has 1 aliphatic rings. The fourth-order valence-corrected chi connectivity index (χ4v) is 4.70. The molecule has 0 bridgehead atoms. The number of aryl methyl sites for hydroxylation is 3. The molecule has 1 aromatic heterocycles. The van der Waals surface area contributed by atoms with Gasteiger partial charge in [-0.25, -0.2) is 18.1 Å². The van der Waals surface area contributed by atoms with Crippen LogP contribution in [0.5, 0.6) is 5.88 Å². The third kappa shape index (κ3) is 4.92. The second kappa shape index (κ2) is 8.63. The van der Waals surface area contributed by atoms with Crippen LogP contribution < -0.4 is 14.4 Å². The quantitative estimate of drug-likeness (QED) is 0.688. The minimum absolute atomic E-state index is 0.131. The van der Waals surface area contributed by atoms with Crippen LogP contribution >= 0.6 is 11.6 Å². The van der Waals surface area contributed by atoms with Crippen LogP contribution in [0.15, 0.2) is 23.1 Å². The highest BCUT2D eigenvalue weighted by Crippen LogP contribution is 2.24. The van der Waals surface area contributed by atoms with E-state index in [2.05, 4.69) is 19.6 Å². The lowest BCUT2D eigenvalue weighted by Gasteiger charge is -2.17. The Balaban J connectivity index is 1.60. The van der Waals surface area contributed by atoms with Crippen LogP contribution in [-0.4, -0.2) is 44.6 Å². The highest BCUT2D eigenvalue weighted by molar-refractivity contribution is 7.89. The lowest BCUT2D eigenvalue weighted by Crippen LogP contribution is -2.29. The summed E-state index contributed by atoms with van der Waals surface area (Å²) in [6.07, 6.45) is 2.31. The number of rotatable bonds is 7. The largest absolute Gasteiger partial charge is 0.476 e. The summed E-state index contributed by atoms with van der Waals surface area (Å²) in [5.74, 6) is 1.94. The van der Waals surface area contributed by atoms with Gasteiger partial charge in [-0.3, -0.25) is 0 Å². The molecule has 1 fully saturated rings. The summed E-state index contributed by atoms with van der Waals surface area (Å²) >= 11 is 6.05. The summed E-state index contributed by atoms with van der Waals surface area (Å²) in [7, 11) is -3.64. The number of sulfonamides is 1. The minimum Gasteiger partial charge on any atom is -0.476 e. The summed E-state index contributed by atoms with van der Waals surface area (Å²) in [4.78, 5) is 11.2. The van der Waals surface area contributed by atoms with E-state index in [9.17, 15) is 8.42 Å². The standard InChI is InChI=1S/C19H25ClN4O3S/c1-13-11-17(14(2)10-16(13)20)28(25,26)21-6-9-27-19-12-18(22-15(3)23-19)24-7-4-5-8-24/h10-12,21H,4-9H2,1-3H3. The number of hydrogen-bond acceptors (Lipinski definition) is 6. The van der Waals surface area contributed by atoms with Crippen molar-refractivity contribution in [1.82, 2.24) is 14.7 Å². The van der Waals surface area contributed by atoms with Crippen molar-refractivity contribution >= 4 is 27.4 Å². The van der Waals surface area contributed by atoms with E-state index in [-0.39, 0.29) is 18.0 Å². The number of nitrogens with one attached hydrogen (secondary N) is 1. The maximum atomic E-state index is 12.6. The average Bonchev–Trinajstić information content (AvgIpc) is 3.16. The van der Waals surface area contributed by atoms with E-state index in [1.807, 2.05) is 6.92 Å². The number of hydrogen-bond donors (Lipinski definition) is 1. The molecule has 0 saturated carbocycles. The Hall–Kier alpha value is -1.90. The minimum atomic E-state index is -3.64. The van der Waals surface area contributed by atoms with Gasteiger partial charge in [-0.1, -0.05) is 11.6 Å². The number of anilines is 1. The summed E-state index contributed by atoms with van der Waals surface area (Å²) in [5, 5.41) is 0.549. The molecule has 28 heavy (non-hydrogen) atoms. The Kier molecular flexibility index (Phi) is 6.42. The van der Waals surface area contributed by atoms with Gasteiger partial charge in [0.05, 0.1) is 4.90 Å². The fourth-order valence-electron chi connectivity index (χ4n) is 3.16. The van der Waals surface area contributed by atoms with Crippen molar-refractivity contribution in [2.75, 3.05) is 31.1 Å². The summed E-state index contributed by atoms with van der Waals surface area (Å²) in [6, 6.07) is 5.04. The number of halogens is 1. The van der Waals surface area contributed by atoms with Crippen LogP contribution in [-0.2, 0) is 10.0 Å². The molecule has 2 aromatic rings. The maximum Gasteiger partial charge on any atom is 0.240 e. The molecule has 0 aliphatic carbocycles. The zero-order valence-corrected chi connectivity index (χ0v) is 17.9. The molecular weight excluding hydrogens is 400 g/mol. The highest BCUT2D eigenvalue weighted by Gasteiger charge is 2.18. The zero-order chi connectivity index (χ0) is 20.3. The SMILES string of the molecule is Cc1nc(OCCNS(=O)(=O)c2cc(C)c(Cl)cc2C)cc(N2CCCC2)n1. The topological polar surface area (TPSA) is 84.4 Å². The smallest absolute Gasteiger partial charge is 0.240 e. The van der Waals surface area contributed by atoms with Crippen molar-refractivity contribution in [3.8, 4) is 5.88 Å². The first-order valence-corrected chi connectivity index (χ1v) is 11.1. The molecule has 9 heteroatoms. The average molecular weight is 425 g/mol. The molecule has 2 heterocycles. The molecule has 0 unspecified atom stereocenters. The van der Waals surface area contributed by atoms with Gasteiger partial charge in [0.1, 0.15) is 18.2 Å². The van der Waals surface area contributed by atoms with Gasteiger partial charge in [0, 0.05) is 30.7 Å². The Bertz CT molecular complexity index is 960. The van der Waals surface area contributed by atoms with Crippen molar-refractivity contribution in [2.45, 2.75) is 38.5 Å². The fraction of sp³-hybridized carbons (Fsp3) is 0.474. The molecule has 1 aromatic carbocycles. The third-order valence-corrected chi connectivity index (χ3v) is 6.63. The van der Waals surface area contributed by atoms with Crippen molar-refractivity contribution in [2.24, 2.45) is 0 Å². The van der Waals surface area contributed by atoms with E-state index in [1.165, 1.54) is 0 Å². The third-order valence-electron chi connectivity index (χ3n) is 4.62. The van der Waals surface area contributed by atoms with E-state index in [0.29, 0.717) is 22.3 Å². The summed E-state index contributed by atoms with van der Waals surface area (Å²) in [5.41, 5.74) is 1.32. The van der Waals surface area contributed by atoms with Gasteiger partial charge >= 0.3 is 0 Å². The van der Waals surface area contributed by atoms with Crippen LogP contribution in [0.25, 0.3) is 0 Å². The summed E-state index contributed by atoms with van der Waals surface area (Å²) in [6.45, 7) is 7.58. The van der Waals surface area contributed by atoms with Crippen LogP contribution in [0, 0.1) is 20.8 Å². The maximum absolute atomic E-state index is 12.6. The van der Waals surface area contributed by atoms with E-state index in [0.717, 1.165) is 37.3 Å². The molecule has 3 rings (SSSR count). The molecule has 1 aliphatic heterocycles. The highest BCUT2D eigenvalue weighted by atomic mass is 35.5. The van der Waals surface area contributed by atoms with Gasteiger partial charge in [-0.2, -0.15) is 4.98 Å². The zero-order valence-electron chi connectivity index (χ0n) is 16.3. The lowest BCUT2D eigenvalue weighted by molar-refractivity contribution is 0.309. The van der Waals surface area contributed by atoms with E-state index >= 15 is 0 Å². The van der Waals surface area contributed by atoms with Crippen LogP contribution in [0.4, 0.5) is 5.82 Å². The first kappa shape index (κ1) is 20.8. The van der Waals surface area contributed by atoms with Gasteiger partial charge in [-0.05, 0) is 56.9 Å². The van der Waals surface area contributed by atoms with E-state index < -0.39 is 10.0 Å². The van der Waals surface area contributed by atoms with Crippen LogP contribution in [0.2, 0.25) is 5.02 Å². The molecule has 0 amide bonds. The van der Waals surface area contributed by atoms with Crippen LogP contribution in [0.1, 0.15) is 29.8 Å². The first-order valence-electron chi connectivity index (χ1n) is 9.26. The van der Waals surface area contributed by atoms with Gasteiger partial charge < -0.3 is 9.64 Å². The lowest BCUT2D eigenvalue weighted by atomic mass is 10.2. The van der Waals surface area contributed by atoms with Crippen molar-refractivity contribution in [3.63, 3.8) is 0 Å². The second-order valence-corrected chi connectivity index (χ2v) is 9.06. The predicted octanol–water partition coefficient (Wildman–Crippen LogP) is 3.01. The molecule has 7 nitrogen and oxygen atoms in total. The molecular formula is C19H25ClN4O3S. The van der Waals surface area contributed by atoms with Gasteiger partial charge in [0.2, 0.25) is 15.9 Å². The number of ether oxygens (including phenoxy) is 1. The predicted molar refractivity (Wildman–Crippen MR) is 110 cm³/mol. The van der Waals surface area contributed by atoms with E-state index in [1.54, 1.807) is 32.0 Å². The normalized spacial score (nSPS) is 14.5.